The highest BCUT2D eigenvalue weighted by molar-refractivity contribution is 5.70. The number of carbonyl (C=O) groups is 2. The van der Waals surface area contributed by atoms with Gasteiger partial charge in [0, 0.05) is 19.4 Å². The molecule has 0 bridgehead atoms. The van der Waals surface area contributed by atoms with Crippen LogP contribution in [0.5, 0.6) is 0 Å². The Hall–Kier alpha value is -2.40. The number of esters is 2. The van der Waals surface area contributed by atoms with Crippen LogP contribution in [0.1, 0.15) is 213 Å². The molecule has 0 N–H and O–H groups in total. The Kier molecular flexibility index (Phi) is 43.0. The summed E-state index contributed by atoms with van der Waals surface area (Å²) in [5.74, 6) is -0.427. The van der Waals surface area contributed by atoms with Crippen LogP contribution >= 0.6 is 0 Å². The molecule has 0 aliphatic rings. The standard InChI is InChI=1S/C49H86O5/c1-4-7-10-13-16-19-21-23-24-25-27-29-32-35-38-41-44-52-45-47(54-49(51)43-40-37-34-30-18-15-12-9-6-3)46-53-48(50)42-39-36-33-31-28-26-22-20-17-14-11-8-5-2/h7,10,16,19-20,22-24,27,29,47H,4-6,8-9,11-15,17-18,21,25-26,28,30-46H2,1-3H3/b10-7-,19-16-,22-20-,24-23-,29-27-. The fourth-order valence-electron chi connectivity index (χ4n) is 6.14. The third-order valence-electron chi connectivity index (χ3n) is 9.54. The lowest BCUT2D eigenvalue weighted by Gasteiger charge is -2.18. The lowest BCUT2D eigenvalue weighted by molar-refractivity contribution is -0.163. The molecule has 0 aliphatic carbocycles. The number of ether oxygens (including phenoxy) is 3. The summed E-state index contributed by atoms with van der Waals surface area (Å²) in [7, 11) is 0. The van der Waals surface area contributed by atoms with E-state index in [0.717, 1.165) is 89.9 Å². The van der Waals surface area contributed by atoms with Crippen molar-refractivity contribution in [1.82, 2.24) is 0 Å². The van der Waals surface area contributed by atoms with Gasteiger partial charge in [-0.2, -0.15) is 0 Å². The minimum Gasteiger partial charge on any atom is -0.462 e. The van der Waals surface area contributed by atoms with E-state index in [1.807, 2.05) is 0 Å². The average molecular weight is 755 g/mol. The van der Waals surface area contributed by atoms with Gasteiger partial charge < -0.3 is 14.2 Å². The number of rotatable bonds is 41. The molecule has 0 heterocycles. The van der Waals surface area contributed by atoms with Crippen LogP contribution < -0.4 is 0 Å². The van der Waals surface area contributed by atoms with E-state index in [2.05, 4.69) is 81.5 Å². The molecule has 0 radical (unpaired) electrons. The molecular formula is C49H86O5. The predicted octanol–water partition coefficient (Wildman–Crippen LogP) is 15.0. The van der Waals surface area contributed by atoms with Crippen molar-refractivity contribution < 1.29 is 23.8 Å². The highest BCUT2D eigenvalue weighted by atomic mass is 16.6. The van der Waals surface area contributed by atoms with E-state index in [1.54, 1.807) is 0 Å². The molecule has 1 atom stereocenters. The third kappa shape index (κ3) is 42.3. The Bertz CT molecular complexity index is 946. The van der Waals surface area contributed by atoms with Gasteiger partial charge in [-0.3, -0.25) is 9.59 Å². The molecule has 0 aromatic carbocycles. The largest absolute Gasteiger partial charge is 0.462 e. The van der Waals surface area contributed by atoms with Gasteiger partial charge in [0.05, 0.1) is 6.61 Å². The summed E-state index contributed by atoms with van der Waals surface area (Å²) < 4.78 is 17.3. The molecular weight excluding hydrogens is 669 g/mol. The van der Waals surface area contributed by atoms with Crippen molar-refractivity contribution in [3.05, 3.63) is 60.8 Å². The molecule has 0 aromatic rings. The van der Waals surface area contributed by atoms with E-state index in [1.165, 1.54) is 89.9 Å². The van der Waals surface area contributed by atoms with Crippen LogP contribution in [0.25, 0.3) is 0 Å². The monoisotopic (exact) mass is 755 g/mol. The van der Waals surface area contributed by atoms with Crippen LogP contribution in [0.4, 0.5) is 0 Å². The Labute approximate surface area is 334 Å². The molecule has 5 heteroatoms. The van der Waals surface area contributed by atoms with Crippen molar-refractivity contribution in [3.8, 4) is 0 Å². The van der Waals surface area contributed by atoms with Crippen LogP contribution in [0, 0.1) is 0 Å². The summed E-state index contributed by atoms with van der Waals surface area (Å²) in [5.41, 5.74) is 0. The molecule has 0 rings (SSSR count). The van der Waals surface area contributed by atoms with Gasteiger partial charge in [-0.05, 0) is 83.5 Å². The Balaban J connectivity index is 4.29. The molecule has 5 nitrogen and oxygen atoms in total. The zero-order valence-electron chi connectivity index (χ0n) is 35.7. The number of unbranched alkanes of at least 4 members (excludes halogenated alkanes) is 20. The number of allylic oxidation sites excluding steroid dienone is 10. The highest BCUT2D eigenvalue weighted by Gasteiger charge is 2.17. The maximum atomic E-state index is 12.7. The minimum atomic E-state index is -0.552. The molecule has 0 aliphatic heterocycles. The van der Waals surface area contributed by atoms with E-state index in [0.29, 0.717) is 19.4 Å². The maximum absolute atomic E-state index is 12.7. The van der Waals surface area contributed by atoms with Crippen molar-refractivity contribution in [1.29, 1.82) is 0 Å². The minimum absolute atomic E-state index is 0.0684. The first-order valence-electron chi connectivity index (χ1n) is 22.8. The van der Waals surface area contributed by atoms with Crippen molar-refractivity contribution in [2.24, 2.45) is 0 Å². The van der Waals surface area contributed by atoms with Gasteiger partial charge in [0.15, 0.2) is 6.10 Å². The van der Waals surface area contributed by atoms with Crippen molar-refractivity contribution in [2.45, 2.75) is 219 Å². The number of hydrogen-bond acceptors (Lipinski definition) is 5. The van der Waals surface area contributed by atoms with Crippen molar-refractivity contribution in [3.63, 3.8) is 0 Å². The quantitative estimate of drug-likeness (QED) is 0.0353. The molecule has 0 amide bonds. The molecule has 0 saturated heterocycles. The zero-order valence-corrected chi connectivity index (χ0v) is 35.7. The smallest absolute Gasteiger partial charge is 0.306 e. The summed E-state index contributed by atoms with van der Waals surface area (Å²) in [5, 5.41) is 0. The molecule has 312 valence electrons. The van der Waals surface area contributed by atoms with Gasteiger partial charge in [0.25, 0.3) is 0 Å². The van der Waals surface area contributed by atoms with Gasteiger partial charge in [0.1, 0.15) is 6.61 Å². The second-order valence-electron chi connectivity index (χ2n) is 14.9. The molecule has 0 spiro atoms. The van der Waals surface area contributed by atoms with Gasteiger partial charge in [-0.1, -0.05) is 178 Å². The van der Waals surface area contributed by atoms with Crippen LogP contribution in [0.2, 0.25) is 0 Å². The van der Waals surface area contributed by atoms with Gasteiger partial charge in [0.2, 0.25) is 0 Å². The molecule has 0 fully saturated rings. The summed E-state index contributed by atoms with van der Waals surface area (Å²) >= 11 is 0. The summed E-state index contributed by atoms with van der Waals surface area (Å²) in [6.45, 7) is 7.60. The fraction of sp³-hybridized carbons (Fsp3) is 0.755. The average Bonchev–Trinajstić information content (AvgIpc) is 3.17. The molecule has 54 heavy (non-hydrogen) atoms. The Morgan fingerprint density at radius 1 is 0.426 bits per heavy atom. The number of carbonyl (C=O) groups excluding carboxylic acids is 2. The lowest BCUT2D eigenvalue weighted by atomic mass is 10.1. The molecule has 1 unspecified atom stereocenters. The van der Waals surface area contributed by atoms with Crippen molar-refractivity contribution >= 4 is 11.9 Å². The summed E-state index contributed by atoms with van der Waals surface area (Å²) in [6.07, 6.45) is 55.1. The molecule has 0 aromatic heterocycles. The fourth-order valence-corrected chi connectivity index (χ4v) is 6.14. The van der Waals surface area contributed by atoms with E-state index in [-0.39, 0.29) is 25.2 Å². The lowest BCUT2D eigenvalue weighted by Crippen LogP contribution is -2.30. The highest BCUT2D eigenvalue weighted by Crippen LogP contribution is 2.13. The first-order valence-corrected chi connectivity index (χ1v) is 22.8. The predicted molar refractivity (Wildman–Crippen MR) is 233 cm³/mol. The van der Waals surface area contributed by atoms with E-state index >= 15 is 0 Å². The van der Waals surface area contributed by atoms with Gasteiger partial charge in [-0.25, -0.2) is 0 Å². The Morgan fingerprint density at radius 3 is 1.37 bits per heavy atom. The van der Waals surface area contributed by atoms with Crippen LogP contribution in [0.15, 0.2) is 60.8 Å². The summed E-state index contributed by atoms with van der Waals surface area (Å²) in [6, 6.07) is 0. The van der Waals surface area contributed by atoms with Crippen LogP contribution in [0.3, 0.4) is 0 Å². The second kappa shape index (κ2) is 45.0. The van der Waals surface area contributed by atoms with Crippen molar-refractivity contribution in [2.75, 3.05) is 19.8 Å². The first-order chi connectivity index (χ1) is 26.6. The molecule has 0 saturated carbocycles. The third-order valence-corrected chi connectivity index (χ3v) is 9.54. The summed E-state index contributed by atoms with van der Waals surface area (Å²) in [4.78, 5) is 25.2. The number of hydrogen-bond donors (Lipinski definition) is 0. The second-order valence-corrected chi connectivity index (χ2v) is 14.9. The normalized spacial score (nSPS) is 12.7. The van der Waals surface area contributed by atoms with Gasteiger partial charge in [-0.15, -0.1) is 0 Å². The van der Waals surface area contributed by atoms with Crippen LogP contribution in [-0.2, 0) is 23.8 Å². The van der Waals surface area contributed by atoms with Gasteiger partial charge >= 0.3 is 11.9 Å². The van der Waals surface area contributed by atoms with E-state index in [9.17, 15) is 9.59 Å². The first kappa shape index (κ1) is 51.6. The van der Waals surface area contributed by atoms with E-state index < -0.39 is 6.10 Å². The zero-order chi connectivity index (χ0) is 39.3. The van der Waals surface area contributed by atoms with E-state index in [4.69, 9.17) is 14.2 Å². The SMILES string of the molecule is CC/C=C\C/C=C\C/C=C\C/C=C\CCCCCOCC(COC(=O)CCCCCCC/C=C\CCCCCC)OC(=O)CCCCCCCCCCC. The van der Waals surface area contributed by atoms with Crippen LogP contribution in [-0.4, -0.2) is 37.9 Å². The topological polar surface area (TPSA) is 61.8 Å². The Morgan fingerprint density at radius 2 is 0.833 bits per heavy atom. The maximum Gasteiger partial charge on any atom is 0.306 e.